The highest BCUT2D eigenvalue weighted by Crippen LogP contribution is 2.26. The highest BCUT2D eigenvalue weighted by atomic mass is 16.2. The van der Waals surface area contributed by atoms with Crippen molar-refractivity contribution < 1.29 is 4.79 Å². The zero-order valence-electron chi connectivity index (χ0n) is 8.94. The molecule has 1 aliphatic rings. The van der Waals surface area contributed by atoms with Gasteiger partial charge in [-0.1, -0.05) is 42.5 Å². The van der Waals surface area contributed by atoms with Gasteiger partial charge in [-0.3, -0.25) is 4.79 Å². The molecule has 0 aliphatic carbocycles. The molecular formula is C13H15NO. The van der Waals surface area contributed by atoms with E-state index < -0.39 is 0 Å². The third kappa shape index (κ3) is 1.94. The molecule has 0 bridgehead atoms. The minimum atomic E-state index is 0.229. The fourth-order valence-corrected chi connectivity index (χ4v) is 1.87. The largest absolute Gasteiger partial charge is 0.331 e. The average molecular weight is 201 g/mol. The summed E-state index contributed by atoms with van der Waals surface area (Å²) in [7, 11) is 0. The van der Waals surface area contributed by atoms with E-state index in [4.69, 9.17) is 0 Å². The maximum absolute atomic E-state index is 11.4. The number of benzene rings is 1. The first kappa shape index (κ1) is 9.97. The van der Waals surface area contributed by atoms with E-state index in [9.17, 15) is 4.79 Å². The molecule has 2 rings (SSSR count). The van der Waals surface area contributed by atoms with Crippen molar-refractivity contribution in [1.29, 1.82) is 0 Å². The minimum Gasteiger partial charge on any atom is -0.331 e. The SMILES string of the molecule is C=C(C)C1CC(=O)N1Cc1ccccc1. The normalized spacial score (nSPS) is 19.9. The quantitative estimate of drug-likeness (QED) is 0.543. The molecule has 15 heavy (non-hydrogen) atoms. The Hall–Kier alpha value is -1.57. The Morgan fingerprint density at radius 1 is 1.47 bits per heavy atom. The van der Waals surface area contributed by atoms with Crippen molar-refractivity contribution in [3.63, 3.8) is 0 Å². The van der Waals surface area contributed by atoms with E-state index in [1.165, 1.54) is 5.56 Å². The second-order valence-electron chi connectivity index (χ2n) is 4.07. The number of hydrogen-bond donors (Lipinski definition) is 0. The zero-order chi connectivity index (χ0) is 10.8. The van der Waals surface area contributed by atoms with Crippen molar-refractivity contribution in [3.05, 3.63) is 48.0 Å². The van der Waals surface area contributed by atoms with Gasteiger partial charge in [0.2, 0.25) is 5.91 Å². The predicted octanol–water partition coefficient (Wildman–Crippen LogP) is 2.36. The predicted molar refractivity (Wildman–Crippen MR) is 60.2 cm³/mol. The third-order valence-electron chi connectivity index (χ3n) is 2.83. The molecule has 2 heteroatoms. The monoisotopic (exact) mass is 201 g/mol. The van der Waals surface area contributed by atoms with E-state index in [1.807, 2.05) is 42.2 Å². The molecule has 0 aromatic heterocycles. The number of rotatable bonds is 3. The first-order chi connectivity index (χ1) is 7.18. The smallest absolute Gasteiger partial charge is 0.225 e. The lowest BCUT2D eigenvalue weighted by Crippen LogP contribution is -2.52. The fourth-order valence-electron chi connectivity index (χ4n) is 1.87. The van der Waals surface area contributed by atoms with Gasteiger partial charge in [-0.15, -0.1) is 0 Å². The molecular weight excluding hydrogens is 186 g/mol. The van der Waals surface area contributed by atoms with Crippen molar-refractivity contribution in [2.75, 3.05) is 0 Å². The van der Waals surface area contributed by atoms with Gasteiger partial charge < -0.3 is 4.90 Å². The summed E-state index contributed by atoms with van der Waals surface area (Å²) in [5.41, 5.74) is 2.25. The van der Waals surface area contributed by atoms with E-state index in [-0.39, 0.29) is 11.9 Å². The molecule has 1 aromatic rings. The second kappa shape index (κ2) is 3.89. The Kier molecular flexibility index (Phi) is 2.58. The van der Waals surface area contributed by atoms with Gasteiger partial charge in [-0.2, -0.15) is 0 Å². The number of β-lactam (4-membered cyclic amide) rings is 1. The summed E-state index contributed by atoms with van der Waals surface area (Å²) in [5.74, 6) is 0.229. The molecule has 0 N–H and O–H groups in total. The van der Waals surface area contributed by atoms with Gasteiger partial charge in [0.1, 0.15) is 0 Å². The second-order valence-corrected chi connectivity index (χ2v) is 4.07. The maximum atomic E-state index is 11.4. The molecule has 0 saturated carbocycles. The van der Waals surface area contributed by atoms with Crippen molar-refractivity contribution >= 4 is 5.91 Å². The first-order valence-corrected chi connectivity index (χ1v) is 5.17. The van der Waals surface area contributed by atoms with Crippen molar-refractivity contribution in [2.24, 2.45) is 0 Å². The van der Waals surface area contributed by atoms with Crippen LogP contribution in [-0.4, -0.2) is 16.8 Å². The number of amides is 1. The Labute approximate surface area is 90.2 Å². The van der Waals surface area contributed by atoms with Gasteiger partial charge in [0.25, 0.3) is 0 Å². The molecule has 1 aliphatic heterocycles. The van der Waals surface area contributed by atoms with E-state index in [0.717, 1.165) is 5.57 Å². The van der Waals surface area contributed by atoms with Crippen LogP contribution in [0.3, 0.4) is 0 Å². The summed E-state index contributed by atoms with van der Waals surface area (Å²) in [6, 6.07) is 10.3. The summed E-state index contributed by atoms with van der Waals surface area (Å²) in [6.45, 7) is 6.60. The summed E-state index contributed by atoms with van der Waals surface area (Å²) in [4.78, 5) is 13.3. The van der Waals surface area contributed by atoms with Crippen LogP contribution in [0.15, 0.2) is 42.5 Å². The van der Waals surface area contributed by atoms with Crippen molar-refractivity contribution in [3.8, 4) is 0 Å². The van der Waals surface area contributed by atoms with Crippen LogP contribution >= 0.6 is 0 Å². The van der Waals surface area contributed by atoms with E-state index >= 15 is 0 Å². The van der Waals surface area contributed by atoms with Crippen LogP contribution in [0.2, 0.25) is 0 Å². The van der Waals surface area contributed by atoms with Crippen LogP contribution in [0.5, 0.6) is 0 Å². The Bertz CT molecular complexity index is 383. The van der Waals surface area contributed by atoms with Crippen LogP contribution in [0.1, 0.15) is 18.9 Å². The Morgan fingerprint density at radius 2 is 2.13 bits per heavy atom. The average Bonchev–Trinajstić information content (AvgIpc) is 2.23. The van der Waals surface area contributed by atoms with Crippen LogP contribution in [-0.2, 0) is 11.3 Å². The molecule has 1 atom stereocenters. The maximum Gasteiger partial charge on any atom is 0.225 e. The molecule has 0 radical (unpaired) electrons. The summed E-state index contributed by atoms with van der Waals surface area (Å²) in [6.07, 6.45) is 0.627. The van der Waals surface area contributed by atoms with E-state index in [0.29, 0.717) is 13.0 Å². The van der Waals surface area contributed by atoms with Gasteiger partial charge in [-0.25, -0.2) is 0 Å². The van der Waals surface area contributed by atoms with Crippen LogP contribution < -0.4 is 0 Å². The Balaban J connectivity index is 2.06. The van der Waals surface area contributed by atoms with Gasteiger partial charge in [0, 0.05) is 6.54 Å². The summed E-state index contributed by atoms with van der Waals surface area (Å²) in [5, 5.41) is 0. The van der Waals surface area contributed by atoms with E-state index in [1.54, 1.807) is 0 Å². The topological polar surface area (TPSA) is 20.3 Å². The number of likely N-dealkylation sites (tertiary alicyclic amines) is 1. The zero-order valence-corrected chi connectivity index (χ0v) is 8.94. The van der Waals surface area contributed by atoms with Crippen molar-refractivity contribution in [1.82, 2.24) is 4.90 Å². The van der Waals surface area contributed by atoms with Crippen LogP contribution in [0, 0.1) is 0 Å². The fraction of sp³-hybridized carbons (Fsp3) is 0.308. The molecule has 0 spiro atoms. The number of hydrogen-bond acceptors (Lipinski definition) is 1. The highest BCUT2D eigenvalue weighted by molar-refractivity contribution is 5.84. The molecule has 1 unspecified atom stereocenters. The lowest BCUT2D eigenvalue weighted by molar-refractivity contribution is -0.144. The van der Waals surface area contributed by atoms with Gasteiger partial charge in [0.15, 0.2) is 0 Å². The van der Waals surface area contributed by atoms with E-state index in [2.05, 4.69) is 6.58 Å². The molecule has 2 nitrogen and oxygen atoms in total. The lowest BCUT2D eigenvalue weighted by atomic mass is 9.95. The number of nitrogens with zero attached hydrogens (tertiary/aromatic N) is 1. The summed E-state index contributed by atoms with van der Waals surface area (Å²) < 4.78 is 0. The third-order valence-corrected chi connectivity index (χ3v) is 2.83. The van der Waals surface area contributed by atoms with Gasteiger partial charge >= 0.3 is 0 Å². The van der Waals surface area contributed by atoms with Crippen LogP contribution in [0.25, 0.3) is 0 Å². The molecule has 1 aromatic carbocycles. The number of carbonyl (C=O) groups is 1. The highest BCUT2D eigenvalue weighted by Gasteiger charge is 2.35. The minimum absolute atomic E-state index is 0.229. The standard InChI is InChI=1S/C13H15NO/c1-10(2)12-8-13(15)14(12)9-11-6-4-3-5-7-11/h3-7,12H,1,8-9H2,2H3. The van der Waals surface area contributed by atoms with Crippen molar-refractivity contribution in [2.45, 2.75) is 25.9 Å². The Morgan fingerprint density at radius 3 is 2.67 bits per heavy atom. The summed E-state index contributed by atoms with van der Waals surface area (Å²) >= 11 is 0. The number of carbonyl (C=O) groups excluding carboxylic acids is 1. The molecule has 1 fully saturated rings. The molecule has 1 heterocycles. The lowest BCUT2D eigenvalue weighted by Gasteiger charge is -2.41. The van der Waals surface area contributed by atoms with Gasteiger partial charge in [-0.05, 0) is 12.5 Å². The molecule has 78 valence electrons. The van der Waals surface area contributed by atoms with Gasteiger partial charge in [0.05, 0.1) is 12.5 Å². The molecule has 1 amide bonds. The molecule has 1 saturated heterocycles. The van der Waals surface area contributed by atoms with Crippen LogP contribution in [0.4, 0.5) is 0 Å². The first-order valence-electron chi connectivity index (χ1n) is 5.17.